The molecular weight excluding hydrogens is 540 g/mol. The lowest BCUT2D eigenvalue weighted by molar-refractivity contribution is -0.150. The number of aliphatic carboxylic acids is 1. The summed E-state index contributed by atoms with van der Waals surface area (Å²) < 4.78 is 0. The number of thiazole rings is 1. The molecule has 6 N–H and O–H groups in total. The Morgan fingerprint density at radius 2 is 2.16 bits per heavy atom. The van der Waals surface area contributed by atoms with E-state index in [9.17, 15) is 19.5 Å². The van der Waals surface area contributed by atoms with E-state index >= 15 is 0 Å². The van der Waals surface area contributed by atoms with Crippen molar-refractivity contribution < 1.29 is 24.3 Å². The fourth-order valence-corrected chi connectivity index (χ4v) is 6.27. The summed E-state index contributed by atoms with van der Waals surface area (Å²) in [7, 11) is 1.28. The Balaban J connectivity index is 1.45. The Morgan fingerprint density at radius 3 is 2.81 bits per heavy atom. The molecule has 1 fully saturated rings. The molecule has 0 aliphatic carbocycles. The van der Waals surface area contributed by atoms with Crippen LogP contribution >= 0.6 is 34.9 Å². The molecule has 0 saturated carbocycles. The van der Waals surface area contributed by atoms with Crippen LogP contribution in [0.5, 0.6) is 0 Å². The number of carbonyl (C=O) groups is 3. The molecule has 1 unspecified atom stereocenters. The molecule has 37 heavy (non-hydrogen) atoms. The maximum absolute atomic E-state index is 12.9. The van der Waals surface area contributed by atoms with E-state index in [0.29, 0.717) is 22.1 Å². The van der Waals surface area contributed by atoms with Crippen LogP contribution in [-0.2, 0) is 19.2 Å². The Bertz CT molecular complexity index is 1320. The molecule has 4 rings (SSSR count). The monoisotopic (exact) mass is 562 g/mol. The minimum Gasteiger partial charge on any atom is -0.477 e. The summed E-state index contributed by atoms with van der Waals surface area (Å²) in [4.78, 5) is 56.0. The van der Waals surface area contributed by atoms with Gasteiger partial charge in [0.2, 0.25) is 5.95 Å². The number of nitrogens with two attached hydrogens (primary N) is 2. The van der Waals surface area contributed by atoms with Crippen LogP contribution in [0.25, 0.3) is 0 Å². The summed E-state index contributed by atoms with van der Waals surface area (Å²) in [6.07, 6.45) is 3.49. The summed E-state index contributed by atoms with van der Waals surface area (Å²) >= 11 is 3.89. The number of rotatable bonds is 9. The number of nitrogens with zero attached hydrogens (tertiary/aromatic N) is 5. The summed E-state index contributed by atoms with van der Waals surface area (Å²) in [6.45, 7) is 1.82. The highest BCUT2D eigenvalue weighted by Crippen LogP contribution is 2.40. The third kappa shape index (κ3) is 5.70. The lowest BCUT2D eigenvalue weighted by Crippen LogP contribution is -2.71. The van der Waals surface area contributed by atoms with Crippen LogP contribution in [0.2, 0.25) is 0 Å². The molecule has 0 bridgehead atoms. The summed E-state index contributed by atoms with van der Waals surface area (Å²) in [5, 5.41) is 18.1. The molecular formula is C21H22N8O5S3. The van der Waals surface area contributed by atoms with Crippen LogP contribution in [0, 0.1) is 6.92 Å². The predicted molar refractivity (Wildman–Crippen MR) is 141 cm³/mol. The number of nitrogens with one attached hydrogen (secondary N) is 1. The van der Waals surface area contributed by atoms with E-state index in [1.807, 2.05) is 6.92 Å². The zero-order valence-corrected chi connectivity index (χ0v) is 22.0. The number of amides is 2. The van der Waals surface area contributed by atoms with Crippen molar-refractivity contribution in [3.63, 3.8) is 0 Å². The number of nitrogen functional groups attached to an aromatic ring is 2. The maximum Gasteiger partial charge on any atom is 0.352 e. The lowest BCUT2D eigenvalue weighted by Gasteiger charge is -2.49. The number of hydrogen-bond donors (Lipinski definition) is 4. The minimum absolute atomic E-state index is 0.110. The molecule has 2 aromatic heterocycles. The highest BCUT2D eigenvalue weighted by Gasteiger charge is 2.54. The van der Waals surface area contributed by atoms with Crippen molar-refractivity contribution in [2.45, 2.75) is 23.4 Å². The van der Waals surface area contributed by atoms with E-state index in [1.54, 1.807) is 23.6 Å². The van der Waals surface area contributed by atoms with Gasteiger partial charge in [0.25, 0.3) is 11.8 Å². The second-order valence-electron chi connectivity index (χ2n) is 7.65. The van der Waals surface area contributed by atoms with E-state index < -0.39 is 29.2 Å². The van der Waals surface area contributed by atoms with Gasteiger partial charge in [0.15, 0.2) is 10.8 Å². The molecule has 2 aromatic rings. The van der Waals surface area contributed by atoms with Gasteiger partial charge in [0.05, 0.1) is 0 Å². The number of carboxylic acid groups (broad SMARTS) is 1. The largest absolute Gasteiger partial charge is 0.477 e. The lowest BCUT2D eigenvalue weighted by atomic mass is 10.0. The highest BCUT2D eigenvalue weighted by atomic mass is 32.2. The first-order valence-electron chi connectivity index (χ1n) is 10.6. The molecule has 2 aliphatic heterocycles. The van der Waals surface area contributed by atoms with E-state index in [1.165, 1.54) is 35.5 Å². The first-order chi connectivity index (χ1) is 17.7. The van der Waals surface area contributed by atoms with Gasteiger partial charge in [-0.3, -0.25) is 14.5 Å². The van der Waals surface area contributed by atoms with Gasteiger partial charge in [-0.2, -0.15) is 0 Å². The second kappa shape index (κ2) is 11.2. The average molecular weight is 563 g/mol. The van der Waals surface area contributed by atoms with Crippen LogP contribution in [0.1, 0.15) is 11.4 Å². The van der Waals surface area contributed by atoms with Gasteiger partial charge in [-0.25, -0.2) is 19.7 Å². The fraction of sp³-hybridized carbons (Fsp3) is 0.286. The predicted octanol–water partition coefficient (Wildman–Crippen LogP) is 0.844. The van der Waals surface area contributed by atoms with Gasteiger partial charge in [-0.05, 0) is 18.6 Å². The van der Waals surface area contributed by atoms with Gasteiger partial charge in [0.1, 0.15) is 34.9 Å². The minimum atomic E-state index is -1.23. The van der Waals surface area contributed by atoms with Crippen molar-refractivity contribution in [1.29, 1.82) is 0 Å². The van der Waals surface area contributed by atoms with Crippen LogP contribution in [0.4, 0.5) is 11.1 Å². The molecule has 0 aromatic carbocycles. The van der Waals surface area contributed by atoms with Gasteiger partial charge >= 0.3 is 5.97 Å². The Labute approximate surface area is 223 Å². The van der Waals surface area contributed by atoms with Crippen LogP contribution in [0.3, 0.4) is 0 Å². The smallest absolute Gasteiger partial charge is 0.352 e. The number of fused-ring (bicyclic) bond motifs is 1. The number of β-lactam (4-membered cyclic amide) rings is 1. The maximum atomic E-state index is 12.9. The zero-order chi connectivity index (χ0) is 26.7. The number of aromatic nitrogens is 3. The van der Waals surface area contributed by atoms with Crippen molar-refractivity contribution in [2.75, 3.05) is 30.1 Å². The van der Waals surface area contributed by atoms with Gasteiger partial charge in [-0.1, -0.05) is 17.3 Å². The van der Waals surface area contributed by atoms with Crippen molar-refractivity contribution in [3.8, 4) is 0 Å². The summed E-state index contributed by atoms with van der Waals surface area (Å²) in [6, 6.07) is 0.870. The average Bonchev–Trinajstić information content (AvgIpc) is 3.27. The van der Waals surface area contributed by atoms with E-state index in [2.05, 4.69) is 25.4 Å². The van der Waals surface area contributed by atoms with Crippen LogP contribution < -0.4 is 16.8 Å². The topological polar surface area (TPSA) is 199 Å². The van der Waals surface area contributed by atoms with E-state index in [0.717, 1.165) is 17.0 Å². The Morgan fingerprint density at radius 1 is 1.38 bits per heavy atom. The first-order valence-corrected chi connectivity index (χ1v) is 13.6. The van der Waals surface area contributed by atoms with Gasteiger partial charge in [0, 0.05) is 22.6 Å². The molecule has 2 atom stereocenters. The standard InChI is InChI=1S/C21H22N8O5S3/c1-9-6-12(26-20(22)24-9)35-5-3-4-10-7-36-18-14(17(31)29(18)15(10)19(32)33)27-16(30)13(28-34-2)11-8-37-21(23)25-11/h3-4,6,8,14,18H,5,7H2,1-2H3,(H2,23,25)(H,27,30)(H,32,33)(H2,22,24,26)/b4-3+,28-13+/t14?,18-/m1/s1. The third-order valence-electron chi connectivity index (χ3n) is 5.14. The van der Waals surface area contributed by atoms with Crippen molar-refractivity contribution in [2.24, 2.45) is 5.16 Å². The molecule has 0 spiro atoms. The number of aryl methyl sites for hydroxylation is 1. The van der Waals surface area contributed by atoms with Crippen molar-refractivity contribution >= 4 is 69.4 Å². The molecule has 13 nitrogen and oxygen atoms in total. The molecule has 0 radical (unpaired) electrons. The Hall–Kier alpha value is -3.63. The highest BCUT2D eigenvalue weighted by molar-refractivity contribution is 8.00. The molecule has 2 aliphatic rings. The number of carboxylic acids is 1. The summed E-state index contributed by atoms with van der Waals surface area (Å²) in [5.74, 6) is -1.42. The van der Waals surface area contributed by atoms with E-state index in [4.69, 9.17) is 16.3 Å². The SMILES string of the molecule is CO/N=C(/C(=O)NC1C(=O)N2C(C(=O)O)=C(/C=C/CSc3cc(C)nc(N)n3)CS[C@H]12)c1csc(N)n1. The third-order valence-corrected chi connectivity index (χ3v) is 7.98. The van der Waals surface area contributed by atoms with E-state index in [-0.39, 0.29) is 28.2 Å². The first kappa shape index (κ1) is 26.4. The van der Waals surface area contributed by atoms with Crippen LogP contribution in [0.15, 0.2) is 45.1 Å². The summed E-state index contributed by atoms with van der Waals surface area (Å²) in [5.41, 5.74) is 12.5. The Kier molecular flexibility index (Phi) is 7.99. The number of thioether (sulfide) groups is 2. The number of anilines is 2. The number of oxime groups is 1. The molecule has 16 heteroatoms. The number of carbonyl (C=O) groups excluding carboxylic acids is 2. The molecule has 4 heterocycles. The molecule has 194 valence electrons. The molecule has 1 saturated heterocycles. The number of hydrogen-bond acceptors (Lipinski definition) is 13. The quantitative estimate of drug-likeness (QED) is 0.111. The van der Waals surface area contributed by atoms with Crippen LogP contribution in [-0.4, -0.2) is 78.5 Å². The van der Waals surface area contributed by atoms with Gasteiger partial charge < -0.3 is 26.7 Å². The van der Waals surface area contributed by atoms with Crippen molar-refractivity contribution in [1.82, 2.24) is 25.2 Å². The second-order valence-corrected chi connectivity index (χ2v) is 10.7. The van der Waals surface area contributed by atoms with Crippen molar-refractivity contribution in [3.05, 3.63) is 46.3 Å². The number of allylic oxidation sites excluding steroid dienone is 1. The van der Waals surface area contributed by atoms with Gasteiger partial charge in [-0.15, -0.1) is 34.9 Å². The molecule has 2 amide bonds. The fourth-order valence-electron chi connectivity index (χ4n) is 3.63. The zero-order valence-electron chi connectivity index (χ0n) is 19.6. The normalized spacial score (nSPS) is 19.6.